The molecule has 1 aliphatic rings. The molecule has 1 atom stereocenters. The maximum atomic E-state index is 12.6. The van der Waals surface area contributed by atoms with Gasteiger partial charge in [-0.1, -0.05) is 0 Å². The van der Waals surface area contributed by atoms with Gasteiger partial charge in [0.15, 0.2) is 5.69 Å². The molecule has 1 fully saturated rings. The second kappa shape index (κ2) is 8.57. The molecule has 0 bridgehead atoms. The van der Waals surface area contributed by atoms with E-state index in [4.69, 9.17) is 0 Å². The van der Waals surface area contributed by atoms with E-state index in [1.165, 1.54) is 0 Å². The molecule has 0 aromatic carbocycles. The molecule has 1 saturated heterocycles. The van der Waals surface area contributed by atoms with Crippen LogP contribution in [0, 0.1) is 0 Å². The number of rotatable bonds is 6. The average molecular weight is 397 g/mol. The van der Waals surface area contributed by atoms with Crippen molar-refractivity contribution in [1.82, 2.24) is 20.3 Å². The molecule has 0 unspecified atom stereocenters. The van der Waals surface area contributed by atoms with E-state index in [2.05, 4.69) is 35.8 Å². The minimum absolute atomic E-state index is 0.0628. The fraction of sp³-hybridized carbons (Fsp3) is 0.471. The number of pyridine rings is 1. The maximum absolute atomic E-state index is 12.6. The normalized spacial score (nSPS) is 16.0. The lowest BCUT2D eigenvalue weighted by Crippen LogP contribution is -2.43. The summed E-state index contributed by atoms with van der Waals surface area (Å²) in [7, 11) is 0. The van der Waals surface area contributed by atoms with Crippen LogP contribution in [0.4, 0.5) is 36.3 Å². The number of aliphatic hydroxyl groups excluding tert-OH is 1. The van der Waals surface area contributed by atoms with Crippen LogP contribution < -0.4 is 20.9 Å². The first kappa shape index (κ1) is 20.1. The molecule has 0 radical (unpaired) electrons. The lowest BCUT2D eigenvalue weighted by Gasteiger charge is -2.30. The summed E-state index contributed by atoms with van der Waals surface area (Å²) in [6.45, 7) is 5.09. The standard InChI is InChI=1S/C17H22F3N7O/c1-11(10-28)24-14-6-12(27-4-2-21-3-5-27)7-15(25-14)26-16-9-22-13(8-23-16)17(18,19)20/h6-9,11,21,28H,2-5,10H2,1H3,(H2,23,24,25,26)/t11-/m0/s1. The summed E-state index contributed by atoms with van der Waals surface area (Å²) in [4.78, 5) is 13.8. The van der Waals surface area contributed by atoms with E-state index in [9.17, 15) is 18.3 Å². The number of alkyl halides is 3. The third-order valence-electron chi connectivity index (χ3n) is 4.16. The summed E-state index contributed by atoms with van der Waals surface area (Å²) in [5.41, 5.74) is -0.147. The molecule has 1 aliphatic heterocycles. The van der Waals surface area contributed by atoms with Crippen LogP contribution in [0.3, 0.4) is 0 Å². The SMILES string of the molecule is C[C@@H](CO)Nc1cc(N2CCNCC2)cc(Nc2cnc(C(F)(F)F)cn2)n1. The number of aromatic nitrogens is 3. The van der Waals surface area contributed by atoms with Crippen molar-refractivity contribution >= 4 is 23.1 Å². The zero-order valence-electron chi connectivity index (χ0n) is 15.3. The van der Waals surface area contributed by atoms with E-state index < -0.39 is 11.9 Å². The van der Waals surface area contributed by atoms with Crippen molar-refractivity contribution in [2.45, 2.75) is 19.1 Å². The van der Waals surface area contributed by atoms with Gasteiger partial charge >= 0.3 is 6.18 Å². The van der Waals surface area contributed by atoms with Gasteiger partial charge in [-0.3, -0.25) is 0 Å². The van der Waals surface area contributed by atoms with Gasteiger partial charge in [-0.25, -0.2) is 15.0 Å². The lowest BCUT2D eigenvalue weighted by atomic mass is 10.2. The predicted octanol–water partition coefficient (Wildman–Crippen LogP) is 1.84. The molecule has 3 rings (SSSR count). The lowest BCUT2D eigenvalue weighted by molar-refractivity contribution is -0.141. The number of hydrogen-bond acceptors (Lipinski definition) is 8. The van der Waals surface area contributed by atoms with Crippen LogP contribution in [-0.2, 0) is 6.18 Å². The number of piperazine rings is 1. The van der Waals surface area contributed by atoms with Crippen LogP contribution in [0.1, 0.15) is 12.6 Å². The second-order valence-corrected chi connectivity index (χ2v) is 6.47. The summed E-state index contributed by atoms with van der Waals surface area (Å²) in [6, 6.07) is 3.48. The quantitative estimate of drug-likeness (QED) is 0.586. The Kier molecular flexibility index (Phi) is 6.15. The van der Waals surface area contributed by atoms with E-state index >= 15 is 0 Å². The van der Waals surface area contributed by atoms with E-state index in [0.717, 1.165) is 38.1 Å². The van der Waals surface area contributed by atoms with E-state index in [-0.39, 0.29) is 18.5 Å². The molecule has 2 aromatic heterocycles. The van der Waals surface area contributed by atoms with Crippen molar-refractivity contribution in [3.63, 3.8) is 0 Å². The molecule has 152 valence electrons. The van der Waals surface area contributed by atoms with Crippen molar-refractivity contribution in [2.75, 3.05) is 48.3 Å². The van der Waals surface area contributed by atoms with Gasteiger partial charge in [-0.05, 0) is 6.92 Å². The number of nitrogens with zero attached hydrogens (tertiary/aromatic N) is 4. The molecule has 8 nitrogen and oxygen atoms in total. The first-order chi connectivity index (χ1) is 13.3. The topological polar surface area (TPSA) is 98.2 Å². The third kappa shape index (κ3) is 5.20. The summed E-state index contributed by atoms with van der Waals surface area (Å²) >= 11 is 0. The summed E-state index contributed by atoms with van der Waals surface area (Å²) in [5.74, 6) is 1.11. The minimum atomic E-state index is -4.54. The highest BCUT2D eigenvalue weighted by molar-refractivity contribution is 5.65. The first-order valence-corrected chi connectivity index (χ1v) is 8.86. The molecule has 28 heavy (non-hydrogen) atoms. The molecule has 4 N–H and O–H groups in total. The highest BCUT2D eigenvalue weighted by atomic mass is 19.4. The van der Waals surface area contributed by atoms with Crippen molar-refractivity contribution in [3.05, 3.63) is 30.2 Å². The Bertz CT molecular complexity index is 779. The number of hydrogen-bond donors (Lipinski definition) is 4. The molecule has 0 aliphatic carbocycles. The second-order valence-electron chi connectivity index (χ2n) is 6.47. The van der Waals surface area contributed by atoms with Gasteiger partial charge in [-0.2, -0.15) is 13.2 Å². The van der Waals surface area contributed by atoms with Gasteiger partial charge < -0.3 is 26.0 Å². The Labute approximate surface area is 160 Å². The summed E-state index contributed by atoms with van der Waals surface area (Å²) in [5, 5.41) is 18.6. The number of aliphatic hydroxyl groups is 1. The van der Waals surface area contributed by atoms with E-state index in [1.54, 1.807) is 6.07 Å². The fourth-order valence-corrected chi connectivity index (χ4v) is 2.73. The van der Waals surface area contributed by atoms with Crippen LogP contribution in [-0.4, -0.2) is 58.9 Å². The Balaban J connectivity index is 1.84. The molecule has 3 heterocycles. The van der Waals surface area contributed by atoms with Crippen LogP contribution >= 0.6 is 0 Å². The van der Waals surface area contributed by atoms with Crippen molar-refractivity contribution in [1.29, 1.82) is 0 Å². The summed E-state index contributed by atoms with van der Waals surface area (Å²) in [6.07, 6.45) is -2.84. The molecule has 2 aromatic rings. The molecule has 0 saturated carbocycles. The highest BCUT2D eigenvalue weighted by Crippen LogP contribution is 2.28. The highest BCUT2D eigenvalue weighted by Gasteiger charge is 2.32. The van der Waals surface area contributed by atoms with Gasteiger partial charge in [0.25, 0.3) is 0 Å². The van der Waals surface area contributed by atoms with Crippen molar-refractivity contribution in [3.8, 4) is 0 Å². The van der Waals surface area contributed by atoms with Gasteiger partial charge in [0.2, 0.25) is 0 Å². The largest absolute Gasteiger partial charge is 0.434 e. The molecule has 11 heteroatoms. The Morgan fingerprint density at radius 3 is 2.46 bits per heavy atom. The van der Waals surface area contributed by atoms with Crippen molar-refractivity contribution in [2.24, 2.45) is 0 Å². The maximum Gasteiger partial charge on any atom is 0.434 e. The Hall–Kier alpha value is -2.66. The van der Waals surface area contributed by atoms with Crippen molar-refractivity contribution < 1.29 is 18.3 Å². The van der Waals surface area contributed by atoms with Crippen LogP contribution in [0.15, 0.2) is 24.5 Å². The smallest absolute Gasteiger partial charge is 0.394 e. The van der Waals surface area contributed by atoms with Gasteiger partial charge in [-0.15, -0.1) is 0 Å². The van der Waals surface area contributed by atoms with E-state index in [0.29, 0.717) is 17.8 Å². The molecule has 0 spiro atoms. The summed E-state index contributed by atoms with van der Waals surface area (Å²) < 4.78 is 37.9. The zero-order valence-corrected chi connectivity index (χ0v) is 15.3. The van der Waals surface area contributed by atoms with Gasteiger partial charge in [0.1, 0.15) is 17.5 Å². The number of halogens is 3. The molecular weight excluding hydrogens is 375 g/mol. The Morgan fingerprint density at radius 1 is 1.14 bits per heavy atom. The van der Waals surface area contributed by atoms with Gasteiger partial charge in [0.05, 0.1) is 19.0 Å². The van der Waals surface area contributed by atoms with Crippen LogP contribution in [0.25, 0.3) is 0 Å². The monoisotopic (exact) mass is 397 g/mol. The predicted molar refractivity (Wildman–Crippen MR) is 99.8 cm³/mol. The first-order valence-electron chi connectivity index (χ1n) is 8.86. The fourth-order valence-electron chi connectivity index (χ4n) is 2.73. The zero-order chi connectivity index (χ0) is 20.1. The van der Waals surface area contributed by atoms with Crippen LogP contribution in [0.2, 0.25) is 0 Å². The Morgan fingerprint density at radius 2 is 1.86 bits per heavy atom. The number of nitrogens with one attached hydrogen (secondary N) is 3. The molecule has 0 amide bonds. The van der Waals surface area contributed by atoms with Gasteiger partial charge in [0, 0.05) is 50.0 Å². The average Bonchev–Trinajstić information content (AvgIpc) is 2.68. The third-order valence-corrected chi connectivity index (χ3v) is 4.16. The molecular formula is C17H22F3N7O. The van der Waals surface area contributed by atoms with E-state index in [1.807, 2.05) is 13.0 Å². The van der Waals surface area contributed by atoms with Crippen LogP contribution in [0.5, 0.6) is 0 Å². The number of anilines is 4. The minimum Gasteiger partial charge on any atom is -0.394 e.